The molecular formula is C15H23FN2O2S. The van der Waals surface area contributed by atoms with E-state index in [1.54, 1.807) is 21.0 Å². The van der Waals surface area contributed by atoms with E-state index in [9.17, 15) is 12.8 Å². The number of benzene rings is 1. The monoisotopic (exact) mass is 314 g/mol. The summed E-state index contributed by atoms with van der Waals surface area (Å²) >= 11 is 0. The quantitative estimate of drug-likeness (QED) is 0.876. The Kier molecular flexibility index (Phi) is 5.01. The van der Waals surface area contributed by atoms with Gasteiger partial charge in [0.1, 0.15) is 5.82 Å². The fourth-order valence-corrected chi connectivity index (χ4v) is 3.98. The second-order valence-corrected chi connectivity index (χ2v) is 7.87. The van der Waals surface area contributed by atoms with Crippen LogP contribution in [-0.4, -0.2) is 33.4 Å². The third-order valence-electron chi connectivity index (χ3n) is 4.12. The van der Waals surface area contributed by atoms with E-state index in [0.717, 1.165) is 12.8 Å². The summed E-state index contributed by atoms with van der Waals surface area (Å²) in [6.45, 7) is 2.45. The fourth-order valence-electron chi connectivity index (χ4n) is 2.59. The number of nitrogens with zero attached hydrogens (tertiary/aromatic N) is 1. The van der Waals surface area contributed by atoms with Gasteiger partial charge >= 0.3 is 0 Å². The molecule has 1 aliphatic rings. The van der Waals surface area contributed by atoms with E-state index in [1.165, 1.54) is 22.9 Å². The van der Waals surface area contributed by atoms with Crippen molar-refractivity contribution in [3.63, 3.8) is 0 Å². The molecule has 0 saturated heterocycles. The van der Waals surface area contributed by atoms with E-state index >= 15 is 0 Å². The van der Waals surface area contributed by atoms with Crippen LogP contribution in [0, 0.1) is 18.7 Å². The van der Waals surface area contributed by atoms with Crippen LogP contribution in [0.2, 0.25) is 0 Å². The number of hydrogen-bond donors (Lipinski definition) is 1. The lowest BCUT2D eigenvalue weighted by Crippen LogP contribution is -2.34. The van der Waals surface area contributed by atoms with E-state index in [0.29, 0.717) is 30.1 Å². The molecule has 6 heteroatoms. The largest absolute Gasteiger partial charge is 0.316 e. The molecule has 0 atom stereocenters. The highest BCUT2D eigenvalue weighted by molar-refractivity contribution is 7.89. The van der Waals surface area contributed by atoms with Gasteiger partial charge in [0, 0.05) is 25.7 Å². The van der Waals surface area contributed by atoms with Gasteiger partial charge in [0.15, 0.2) is 0 Å². The molecule has 0 amide bonds. The van der Waals surface area contributed by atoms with E-state index in [1.807, 2.05) is 0 Å². The Hall–Kier alpha value is -0.980. The molecule has 0 aliphatic heterocycles. The zero-order valence-electron chi connectivity index (χ0n) is 12.8. The van der Waals surface area contributed by atoms with Crippen molar-refractivity contribution in [2.75, 3.05) is 20.6 Å². The van der Waals surface area contributed by atoms with E-state index in [2.05, 4.69) is 5.32 Å². The van der Waals surface area contributed by atoms with Gasteiger partial charge < -0.3 is 5.32 Å². The van der Waals surface area contributed by atoms with Crippen LogP contribution in [0.5, 0.6) is 0 Å². The minimum absolute atomic E-state index is 0.175. The van der Waals surface area contributed by atoms with Crippen LogP contribution in [0.3, 0.4) is 0 Å². The third kappa shape index (κ3) is 3.44. The Morgan fingerprint density at radius 3 is 2.57 bits per heavy atom. The predicted octanol–water partition coefficient (Wildman–Crippen LogP) is 2.27. The van der Waals surface area contributed by atoms with Crippen LogP contribution in [0.15, 0.2) is 17.0 Å². The molecule has 21 heavy (non-hydrogen) atoms. The molecule has 0 aromatic heterocycles. The SMILES string of the molecule is CNCc1cc(S(=O)(=O)N(C)CC2CCC2)cc(C)c1F. The molecule has 118 valence electrons. The van der Waals surface area contributed by atoms with Crippen molar-refractivity contribution in [3.05, 3.63) is 29.1 Å². The van der Waals surface area contributed by atoms with Crippen LogP contribution in [0.1, 0.15) is 30.4 Å². The number of sulfonamides is 1. The van der Waals surface area contributed by atoms with Crippen LogP contribution in [0.25, 0.3) is 0 Å². The lowest BCUT2D eigenvalue weighted by Gasteiger charge is -2.29. The molecule has 1 aromatic carbocycles. The normalized spacial score (nSPS) is 16.2. The van der Waals surface area contributed by atoms with Gasteiger partial charge in [0.05, 0.1) is 4.90 Å². The Balaban J connectivity index is 2.30. The molecule has 0 spiro atoms. The topological polar surface area (TPSA) is 49.4 Å². The third-order valence-corrected chi connectivity index (χ3v) is 5.92. The van der Waals surface area contributed by atoms with E-state index in [-0.39, 0.29) is 10.7 Å². The Bertz CT molecular complexity index is 612. The highest BCUT2D eigenvalue weighted by Gasteiger charge is 2.27. The van der Waals surface area contributed by atoms with Crippen LogP contribution < -0.4 is 5.32 Å². The summed E-state index contributed by atoms with van der Waals surface area (Å²) in [6.07, 6.45) is 3.36. The Morgan fingerprint density at radius 1 is 1.38 bits per heavy atom. The van der Waals surface area contributed by atoms with Gasteiger partial charge in [-0.25, -0.2) is 17.1 Å². The van der Waals surface area contributed by atoms with Crippen molar-refractivity contribution in [1.82, 2.24) is 9.62 Å². The maximum atomic E-state index is 14.0. The maximum Gasteiger partial charge on any atom is 0.242 e. The first-order valence-electron chi connectivity index (χ1n) is 7.26. The number of rotatable bonds is 6. The molecule has 0 unspecified atom stereocenters. The van der Waals surface area contributed by atoms with Crippen molar-refractivity contribution in [1.29, 1.82) is 0 Å². The van der Waals surface area contributed by atoms with Gasteiger partial charge in [0.2, 0.25) is 10.0 Å². The summed E-state index contributed by atoms with van der Waals surface area (Å²) in [5.41, 5.74) is 0.742. The van der Waals surface area contributed by atoms with Crippen molar-refractivity contribution in [2.45, 2.75) is 37.6 Å². The van der Waals surface area contributed by atoms with Crippen LogP contribution >= 0.6 is 0 Å². The molecule has 1 aromatic rings. The summed E-state index contributed by atoms with van der Waals surface area (Å²) in [5, 5.41) is 2.86. The molecule has 1 saturated carbocycles. The first-order chi connectivity index (χ1) is 9.86. The summed E-state index contributed by atoms with van der Waals surface area (Å²) in [4.78, 5) is 0.175. The Labute approximate surface area is 126 Å². The molecule has 1 fully saturated rings. The van der Waals surface area contributed by atoms with E-state index < -0.39 is 10.0 Å². The Morgan fingerprint density at radius 2 is 2.05 bits per heavy atom. The highest BCUT2D eigenvalue weighted by Crippen LogP contribution is 2.29. The molecule has 0 bridgehead atoms. The summed E-state index contributed by atoms with van der Waals surface area (Å²) < 4.78 is 40.6. The number of hydrogen-bond acceptors (Lipinski definition) is 3. The zero-order chi connectivity index (χ0) is 15.6. The van der Waals surface area contributed by atoms with Crippen LogP contribution in [-0.2, 0) is 16.6 Å². The summed E-state index contributed by atoms with van der Waals surface area (Å²) in [6, 6.07) is 2.85. The van der Waals surface area contributed by atoms with Gasteiger partial charge in [-0.3, -0.25) is 0 Å². The first kappa shape index (κ1) is 16.4. The van der Waals surface area contributed by atoms with Gasteiger partial charge in [0.25, 0.3) is 0 Å². The van der Waals surface area contributed by atoms with Gasteiger partial charge in [-0.1, -0.05) is 6.42 Å². The number of halogens is 1. The number of aryl methyl sites for hydroxylation is 1. The van der Waals surface area contributed by atoms with Crippen LogP contribution in [0.4, 0.5) is 4.39 Å². The predicted molar refractivity (Wildman–Crippen MR) is 81.1 cm³/mol. The molecule has 1 N–H and O–H groups in total. The average Bonchev–Trinajstić information content (AvgIpc) is 2.38. The van der Waals surface area contributed by atoms with Gasteiger partial charge in [-0.05, 0) is 50.4 Å². The maximum absolute atomic E-state index is 14.0. The molecule has 2 rings (SSSR count). The lowest BCUT2D eigenvalue weighted by molar-refractivity contribution is 0.263. The van der Waals surface area contributed by atoms with Gasteiger partial charge in [-0.2, -0.15) is 0 Å². The highest BCUT2D eigenvalue weighted by atomic mass is 32.2. The van der Waals surface area contributed by atoms with E-state index in [4.69, 9.17) is 0 Å². The molecule has 0 radical (unpaired) electrons. The first-order valence-corrected chi connectivity index (χ1v) is 8.70. The second kappa shape index (κ2) is 6.42. The molecular weight excluding hydrogens is 291 g/mol. The number of nitrogens with one attached hydrogen (secondary N) is 1. The molecule has 0 heterocycles. The lowest BCUT2D eigenvalue weighted by atomic mass is 9.86. The fraction of sp³-hybridized carbons (Fsp3) is 0.600. The zero-order valence-corrected chi connectivity index (χ0v) is 13.6. The summed E-state index contributed by atoms with van der Waals surface area (Å²) in [7, 11) is -0.243. The van der Waals surface area contributed by atoms with Crippen molar-refractivity contribution in [3.8, 4) is 0 Å². The van der Waals surface area contributed by atoms with Gasteiger partial charge in [-0.15, -0.1) is 0 Å². The standard InChI is InChI=1S/C15H23FN2O2S/c1-11-7-14(8-13(9-17-2)15(11)16)21(19,20)18(3)10-12-5-4-6-12/h7-8,12,17H,4-6,9-10H2,1-3H3. The second-order valence-electron chi connectivity index (χ2n) is 5.83. The molecule has 4 nitrogen and oxygen atoms in total. The average molecular weight is 314 g/mol. The van der Waals surface area contributed by atoms with Crippen molar-refractivity contribution >= 4 is 10.0 Å². The smallest absolute Gasteiger partial charge is 0.242 e. The van der Waals surface area contributed by atoms with Crippen molar-refractivity contribution < 1.29 is 12.8 Å². The summed E-state index contributed by atoms with van der Waals surface area (Å²) in [5.74, 6) is 0.119. The van der Waals surface area contributed by atoms with Crippen molar-refractivity contribution in [2.24, 2.45) is 5.92 Å². The minimum atomic E-state index is -3.55. The molecule has 1 aliphatic carbocycles. The minimum Gasteiger partial charge on any atom is -0.316 e.